The van der Waals surface area contributed by atoms with Gasteiger partial charge in [-0.3, -0.25) is 5.41 Å². The standard InChI is InChI=1S/C10H10N2O2/c1-13-9-7(10(11)12)3-2-6-4-5-14-8(6)9/h2-5H,1H3,(H3,11,12). The van der Waals surface area contributed by atoms with Gasteiger partial charge in [0.25, 0.3) is 0 Å². The summed E-state index contributed by atoms with van der Waals surface area (Å²) in [5.74, 6) is 0.486. The lowest BCUT2D eigenvalue weighted by atomic mass is 10.1. The van der Waals surface area contributed by atoms with E-state index in [9.17, 15) is 0 Å². The smallest absolute Gasteiger partial charge is 0.176 e. The van der Waals surface area contributed by atoms with E-state index in [1.807, 2.05) is 12.1 Å². The molecular weight excluding hydrogens is 180 g/mol. The molecule has 0 aliphatic rings. The molecule has 0 aliphatic carbocycles. The Bertz CT molecular complexity index is 488. The van der Waals surface area contributed by atoms with Gasteiger partial charge >= 0.3 is 0 Å². The quantitative estimate of drug-likeness (QED) is 0.559. The van der Waals surface area contributed by atoms with Crippen molar-refractivity contribution in [1.82, 2.24) is 0 Å². The zero-order chi connectivity index (χ0) is 10.1. The highest BCUT2D eigenvalue weighted by Gasteiger charge is 2.12. The maximum absolute atomic E-state index is 7.36. The van der Waals surface area contributed by atoms with Gasteiger partial charge in [-0.1, -0.05) is 6.07 Å². The van der Waals surface area contributed by atoms with Crippen molar-refractivity contribution in [1.29, 1.82) is 5.41 Å². The van der Waals surface area contributed by atoms with Crippen LogP contribution in [0, 0.1) is 5.41 Å². The Hall–Kier alpha value is -1.97. The summed E-state index contributed by atoms with van der Waals surface area (Å²) >= 11 is 0. The molecule has 0 saturated heterocycles. The van der Waals surface area contributed by atoms with Gasteiger partial charge in [0.1, 0.15) is 5.84 Å². The van der Waals surface area contributed by atoms with Crippen molar-refractivity contribution in [2.45, 2.75) is 0 Å². The zero-order valence-electron chi connectivity index (χ0n) is 7.70. The molecule has 14 heavy (non-hydrogen) atoms. The zero-order valence-corrected chi connectivity index (χ0v) is 7.70. The molecule has 0 spiro atoms. The van der Waals surface area contributed by atoms with Crippen LogP contribution in [0.2, 0.25) is 0 Å². The highest BCUT2D eigenvalue weighted by molar-refractivity contribution is 6.02. The SMILES string of the molecule is COc1c(C(=N)N)ccc2ccoc12. The number of nitrogens with two attached hydrogens (primary N) is 1. The minimum Gasteiger partial charge on any atom is -0.492 e. The summed E-state index contributed by atoms with van der Waals surface area (Å²) in [7, 11) is 1.53. The number of amidine groups is 1. The second-order valence-corrected chi connectivity index (χ2v) is 2.90. The minimum atomic E-state index is -0.0276. The van der Waals surface area contributed by atoms with E-state index in [1.165, 1.54) is 7.11 Å². The van der Waals surface area contributed by atoms with Crippen molar-refractivity contribution < 1.29 is 9.15 Å². The summed E-state index contributed by atoms with van der Waals surface area (Å²) in [6, 6.07) is 5.43. The number of ether oxygens (including phenoxy) is 1. The van der Waals surface area contributed by atoms with Crippen molar-refractivity contribution >= 4 is 16.8 Å². The largest absolute Gasteiger partial charge is 0.492 e. The number of methoxy groups -OCH3 is 1. The third kappa shape index (κ3) is 1.12. The third-order valence-corrected chi connectivity index (χ3v) is 2.07. The summed E-state index contributed by atoms with van der Waals surface area (Å²) in [4.78, 5) is 0. The fourth-order valence-corrected chi connectivity index (χ4v) is 1.42. The molecule has 4 heteroatoms. The highest BCUT2D eigenvalue weighted by atomic mass is 16.5. The van der Waals surface area contributed by atoms with E-state index in [0.29, 0.717) is 16.9 Å². The molecule has 2 aromatic rings. The van der Waals surface area contributed by atoms with Crippen LogP contribution in [0.4, 0.5) is 0 Å². The first-order valence-corrected chi connectivity index (χ1v) is 4.12. The van der Waals surface area contributed by atoms with Crippen LogP contribution in [0.15, 0.2) is 28.9 Å². The number of hydrogen-bond donors (Lipinski definition) is 2. The fraction of sp³-hybridized carbons (Fsp3) is 0.100. The lowest BCUT2D eigenvalue weighted by molar-refractivity contribution is 0.409. The molecule has 1 aromatic carbocycles. The number of furan rings is 1. The Morgan fingerprint density at radius 2 is 2.21 bits per heavy atom. The summed E-state index contributed by atoms with van der Waals surface area (Å²) in [5.41, 5.74) is 6.59. The van der Waals surface area contributed by atoms with Crippen molar-refractivity contribution in [3.05, 3.63) is 30.0 Å². The molecule has 4 nitrogen and oxygen atoms in total. The Morgan fingerprint density at radius 1 is 1.43 bits per heavy atom. The number of nitrogens with one attached hydrogen (secondary N) is 1. The Kier molecular flexibility index (Phi) is 1.89. The van der Waals surface area contributed by atoms with Crippen molar-refractivity contribution in [3.63, 3.8) is 0 Å². The highest BCUT2D eigenvalue weighted by Crippen LogP contribution is 2.29. The first kappa shape index (κ1) is 8.62. The summed E-state index contributed by atoms with van der Waals surface area (Å²) in [6.45, 7) is 0. The Labute approximate surface area is 80.8 Å². The average Bonchev–Trinajstić information content (AvgIpc) is 2.63. The van der Waals surface area contributed by atoms with E-state index in [4.69, 9.17) is 20.3 Å². The van der Waals surface area contributed by atoms with E-state index in [-0.39, 0.29) is 5.84 Å². The van der Waals surface area contributed by atoms with E-state index in [2.05, 4.69) is 0 Å². The van der Waals surface area contributed by atoms with Gasteiger partial charge in [0.15, 0.2) is 11.3 Å². The molecular formula is C10H10N2O2. The van der Waals surface area contributed by atoms with Crippen LogP contribution in [0.5, 0.6) is 5.75 Å². The van der Waals surface area contributed by atoms with Crippen molar-refractivity contribution in [2.75, 3.05) is 7.11 Å². The molecule has 72 valence electrons. The predicted octanol–water partition coefficient (Wildman–Crippen LogP) is 1.73. The van der Waals surface area contributed by atoms with Crippen LogP contribution in [-0.2, 0) is 0 Å². The second-order valence-electron chi connectivity index (χ2n) is 2.90. The molecule has 0 fully saturated rings. The van der Waals surface area contributed by atoms with Gasteiger partial charge in [0.05, 0.1) is 18.9 Å². The van der Waals surface area contributed by atoms with Gasteiger partial charge in [0, 0.05) is 5.39 Å². The van der Waals surface area contributed by atoms with Gasteiger partial charge in [-0.25, -0.2) is 0 Å². The Morgan fingerprint density at radius 3 is 2.86 bits per heavy atom. The van der Waals surface area contributed by atoms with Gasteiger partial charge in [-0.05, 0) is 12.1 Å². The van der Waals surface area contributed by atoms with Gasteiger partial charge in [0.2, 0.25) is 0 Å². The average molecular weight is 190 g/mol. The number of nitrogen functional groups attached to an aromatic ring is 1. The lowest BCUT2D eigenvalue weighted by Crippen LogP contribution is -2.12. The molecule has 0 aliphatic heterocycles. The van der Waals surface area contributed by atoms with Crippen LogP contribution < -0.4 is 10.5 Å². The number of hydrogen-bond acceptors (Lipinski definition) is 3. The molecule has 0 amide bonds. The number of fused-ring (bicyclic) bond motifs is 1. The predicted molar refractivity (Wildman–Crippen MR) is 53.8 cm³/mol. The maximum Gasteiger partial charge on any atom is 0.176 e. The number of rotatable bonds is 2. The van der Waals surface area contributed by atoms with Crippen LogP contribution in [-0.4, -0.2) is 12.9 Å². The topological polar surface area (TPSA) is 72.2 Å². The fourth-order valence-electron chi connectivity index (χ4n) is 1.42. The minimum absolute atomic E-state index is 0.0276. The second kappa shape index (κ2) is 3.06. The summed E-state index contributed by atoms with van der Waals surface area (Å²) < 4.78 is 10.4. The van der Waals surface area contributed by atoms with Crippen molar-refractivity contribution in [3.8, 4) is 5.75 Å². The monoisotopic (exact) mass is 190 g/mol. The van der Waals surface area contributed by atoms with Gasteiger partial charge < -0.3 is 14.9 Å². The number of benzene rings is 1. The summed E-state index contributed by atoms with van der Waals surface area (Å²) in [6.07, 6.45) is 1.58. The van der Waals surface area contributed by atoms with E-state index < -0.39 is 0 Å². The molecule has 0 atom stereocenters. The normalized spacial score (nSPS) is 10.4. The molecule has 0 bridgehead atoms. The molecule has 2 rings (SSSR count). The molecule has 0 unspecified atom stereocenters. The van der Waals surface area contributed by atoms with Crippen LogP contribution >= 0.6 is 0 Å². The first-order valence-electron chi connectivity index (χ1n) is 4.12. The van der Waals surface area contributed by atoms with E-state index >= 15 is 0 Å². The van der Waals surface area contributed by atoms with Crippen molar-refractivity contribution in [2.24, 2.45) is 5.73 Å². The first-order chi connectivity index (χ1) is 6.74. The molecule has 0 saturated carbocycles. The van der Waals surface area contributed by atoms with Crippen LogP contribution in [0.3, 0.4) is 0 Å². The maximum atomic E-state index is 7.36. The Balaban J connectivity index is 2.78. The van der Waals surface area contributed by atoms with Gasteiger partial charge in [-0.2, -0.15) is 0 Å². The van der Waals surface area contributed by atoms with E-state index in [1.54, 1.807) is 12.3 Å². The van der Waals surface area contributed by atoms with Crippen LogP contribution in [0.1, 0.15) is 5.56 Å². The van der Waals surface area contributed by atoms with Crippen LogP contribution in [0.25, 0.3) is 11.0 Å². The molecule has 3 N–H and O–H groups in total. The molecule has 1 aromatic heterocycles. The molecule has 1 heterocycles. The lowest BCUT2D eigenvalue weighted by Gasteiger charge is -2.06. The third-order valence-electron chi connectivity index (χ3n) is 2.07. The van der Waals surface area contributed by atoms with E-state index in [0.717, 1.165) is 5.39 Å². The molecule has 0 radical (unpaired) electrons. The summed E-state index contributed by atoms with van der Waals surface area (Å²) in [5, 5.41) is 8.30. The van der Waals surface area contributed by atoms with Gasteiger partial charge in [-0.15, -0.1) is 0 Å².